The second kappa shape index (κ2) is 9.15. The first kappa shape index (κ1) is 21.0. The summed E-state index contributed by atoms with van der Waals surface area (Å²) < 4.78 is 11.2. The molecule has 1 heterocycles. The van der Waals surface area contributed by atoms with E-state index in [1.807, 2.05) is 6.07 Å². The van der Waals surface area contributed by atoms with E-state index in [1.165, 1.54) is 18.9 Å². The van der Waals surface area contributed by atoms with E-state index in [0.717, 1.165) is 0 Å². The van der Waals surface area contributed by atoms with Crippen molar-refractivity contribution in [3.8, 4) is 28.8 Å². The van der Waals surface area contributed by atoms with Crippen molar-refractivity contribution in [2.45, 2.75) is 11.8 Å². The fourth-order valence-electron chi connectivity index (χ4n) is 2.85. The van der Waals surface area contributed by atoms with Crippen LogP contribution < -0.4 is 20.8 Å². The Morgan fingerprint density at radius 3 is 2.70 bits per heavy atom. The Morgan fingerprint density at radius 1 is 1.27 bits per heavy atom. The standard InChI is InChI=1S/C21H18N4O4S/c1-28-16-8-7-12(18-15(10-22)20(27)25-21(24-18)30-2)9-13(16)11-29-17-6-4-3-5-14(17)19(23)26/h3-9H,11H2,1-2H3,(H2,23,26)(H,24,25,27). The van der Waals surface area contributed by atoms with Gasteiger partial charge in [0.2, 0.25) is 0 Å². The molecule has 0 bridgehead atoms. The maximum Gasteiger partial charge on any atom is 0.270 e. The van der Waals surface area contributed by atoms with Gasteiger partial charge in [-0.15, -0.1) is 0 Å². The largest absolute Gasteiger partial charge is 0.496 e. The number of primary amides is 1. The number of carbonyl (C=O) groups excluding carboxylic acids is 1. The SMILES string of the molecule is COc1ccc(-c2nc(SC)[nH]c(=O)c2C#N)cc1COc1ccccc1C(N)=O. The maximum atomic E-state index is 12.2. The first-order valence-corrected chi connectivity index (χ1v) is 9.98. The summed E-state index contributed by atoms with van der Waals surface area (Å²) in [5, 5.41) is 9.82. The topological polar surface area (TPSA) is 131 Å². The fourth-order valence-corrected chi connectivity index (χ4v) is 3.23. The number of amides is 1. The molecule has 0 spiro atoms. The number of hydrogen-bond acceptors (Lipinski definition) is 7. The summed E-state index contributed by atoms with van der Waals surface area (Å²) in [4.78, 5) is 30.8. The molecule has 2 aromatic carbocycles. The second-order valence-electron chi connectivity index (χ2n) is 6.09. The number of hydrogen-bond donors (Lipinski definition) is 2. The van der Waals surface area contributed by atoms with Crippen LogP contribution in [0.4, 0.5) is 0 Å². The molecule has 3 N–H and O–H groups in total. The number of para-hydroxylation sites is 1. The summed E-state index contributed by atoms with van der Waals surface area (Å²) in [6, 6.07) is 13.7. The van der Waals surface area contributed by atoms with Gasteiger partial charge < -0.3 is 20.2 Å². The summed E-state index contributed by atoms with van der Waals surface area (Å²) in [7, 11) is 1.52. The molecule has 3 rings (SSSR count). The Morgan fingerprint density at radius 2 is 2.03 bits per heavy atom. The number of benzene rings is 2. The molecule has 0 aliphatic rings. The fraction of sp³-hybridized carbons (Fsp3) is 0.143. The van der Waals surface area contributed by atoms with Crippen LogP contribution in [-0.4, -0.2) is 29.2 Å². The van der Waals surface area contributed by atoms with Gasteiger partial charge in [0.1, 0.15) is 29.7 Å². The van der Waals surface area contributed by atoms with E-state index >= 15 is 0 Å². The van der Waals surface area contributed by atoms with Crippen molar-refractivity contribution in [2.75, 3.05) is 13.4 Å². The van der Waals surface area contributed by atoms with Crippen LogP contribution in [-0.2, 0) is 6.61 Å². The summed E-state index contributed by atoms with van der Waals surface area (Å²) >= 11 is 1.27. The quantitative estimate of drug-likeness (QED) is 0.442. The zero-order chi connectivity index (χ0) is 21.7. The molecule has 0 unspecified atom stereocenters. The minimum atomic E-state index is -0.595. The third-order valence-electron chi connectivity index (χ3n) is 4.29. The van der Waals surface area contributed by atoms with Crippen molar-refractivity contribution in [1.29, 1.82) is 5.26 Å². The third kappa shape index (κ3) is 4.29. The van der Waals surface area contributed by atoms with E-state index in [2.05, 4.69) is 9.97 Å². The molecule has 0 aliphatic heterocycles. The Labute approximate surface area is 176 Å². The van der Waals surface area contributed by atoms with Gasteiger partial charge in [-0.1, -0.05) is 23.9 Å². The van der Waals surface area contributed by atoms with Gasteiger partial charge in [0.05, 0.1) is 18.4 Å². The zero-order valence-corrected chi connectivity index (χ0v) is 17.1. The van der Waals surface area contributed by atoms with E-state index in [4.69, 9.17) is 15.2 Å². The van der Waals surface area contributed by atoms with Crippen LogP contribution in [0.3, 0.4) is 0 Å². The van der Waals surface area contributed by atoms with Crippen LogP contribution in [0, 0.1) is 11.3 Å². The number of nitrogens with two attached hydrogens (primary N) is 1. The lowest BCUT2D eigenvalue weighted by molar-refractivity contribution is 0.0996. The molecule has 152 valence electrons. The predicted molar refractivity (Wildman–Crippen MR) is 113 cm³/mol. The number of nitriles is 1. The molecule has 0 saturated heterocycles. The summed E-state index contributed by atoms with van der Waals surface area (Å²) in [5.41, 5.74) is 6.56. The van der Waals surface area contributed by atoms with Crippen molar-refractivity contribution >= 4 is 17.7 Å². The number of aromatic amines is 1. The minimum Gasteiger partial charge on any atom is -0.496 e. The van der Waals surface area contributed by atoms with Crippen LogP contribution in [0.5, 0.6) is 11.5 Å². The number of ether oxygens (including phenoxy) is 2. The number of carbonyl (C=O) groups is 1. The predicted octanol–water partition coefficient (Wildman–Crippen LogP) is 2.72. The highest BCUT2D eigenvalue weighted by Gasteiger charge is 2.16. The van der Waals surface area contributed by atoms with Gasteiger partial charge in [0.25, 0.3) is 11.5 Å². The molecule has 3 aromatic rings. The van der Waals surface area contributed by atoms with Gasteiger partial charge in [-0.2, -0.15) is 5.26 Å². The van der Waals surface area contributed by atoms with Crippen LogP contribution >= 0.6 is 11.8 Å². The van der Waals surface area contributed by atoms with Gasteiger partial charge in [-0.25, -0.2) is 4.98 Å². The lowest BCUT2D eigenvalue weighted by atomic mass is 10.0. The van der Waals surface area contributed by atoms with E-state index in [1.54, 1.807) is 48.7 Å². The van der Waals surface area contributed by atoms with Crippen LogP contribution in [0.1, 0.15) is 21.5 Å². The summed E-state index contributed by atoms with van der Waals surface area (Å²) in [5.74, 6) is 0.292. The third-order valence-corrected chi connectivity index (χ3v) is 4.87. The number of rotatable bonds is 7. The van der Waals surface area contributed by atoms with E-state index < -0.39 is 11.5 Å². The zero-order valence-electron chi connectivity index (χ0n) is 16.3. The highest BCUT2D eigenvalue weighted by atomic mass is 32.2. The molecule has 0 atom stereocenters. The molecule has 30 heavy (non-hydrogen) atoms. The van der Waals surface area contributed by atoms with Crippen LogP contribution in [0.15, 0.2) is 52.4 Å². The monoisotopic (exact) mass is 422 g/mol. The maximum absolute atomic E-state index is 12.2. The Hall–Kier alpha value is -3.77. The molecule has 0 fully saturated rings. The average Bonchev–Trinajstić information content (AvgIpc) is 2.76. The molecule has 9 heteroatoms. The second-order valence-corrected chi connectivity index (χ2v) is 6.88. The number of methoxy groups -OCH3 is 1. The minimum absolute atomic E-state index is 0.0712. The molecule has 0 aliphatic carbocycles. The number of nitrogens with one attached hydrogen (secondary N) is 1. The highest BCUT2D eigenvalue weighted by Crippen LogP contribution is 2.29. The number of aromatic nitrogens is 2. The van der Waals surface area contributed by atoms with Crippen LogP contribution in [0.25, 0.3) is 11.3 Å². The first-order chi connectivity index (χ1) is 14.5. The number of thioether (sulfide) groups is 1. The highest BCUT2D eigenvalue weighted by molar-refractivity contribution is 7.98. The first-order valence-electron chi connectivity index (χ1n) is 8.75. The van der Waals surface area contributed by atoms with Crippen LogP contribution in [0.2, 0.25) is 0 Å². The van der Waals surface area contributed by atoms with Crippen molar-refractivity contribution < 1.29 is 14.3 Å². The molecule has 0 saturated carbocycles. The lowest BCUT2D eigenvalue weighted by Gasteiger charge is -2.14. The van der Waals surface area contributed by atoms with Crippen molar-refractivity contribution in [3.63, 3.8) is 0 Å². The number of H-pyrrole nitrogens is 1. The lowest BCUT2D eigenvalue weighted by Crippen LogP contribution is -2.15. The molecule has 0 radical (unpaired) electrons. The summed E-state index contributed by atoms with van der Waals surface area (Å²) in [6.45, 7) is 0.0712. The Bertz CT molecular complexity index is 1200. The van der Waals surface area contributed by atoms with Gasteiger partial charge >= 0.3 is 0 Å². The van der Waals surface area contributed by atoms with Gasteiger partial charge in [0.15, 0.2) is 5.16 Å². The average molecular weight is 422 g/mol. The molecule has 8 nitrogen and oxygen atoms in total. The van der Waals surface area contributed by atoms with Crippen molar-refractivity contribution in [1.82, 2.24) is 9.97 Å². The van der Waals surface area contributed by atoms with E-state index in [9.17, 15) is 14.9 Å². The van der Waals surface area contributed by atoms with Crippen molar-refractivity contribution in [3.05, 3.63) is 69.5 Å². The van der Waals surface area contributed by atoms with Gasteiger partial charge in [-0.3, -0.25) is 9.59 Å². The molecule has 1 aromatic heterocycles. The molecule has 1 amide bonds. The van der Waals surface area contributed by atoms with Gasteiger partial charge in [-0.05, 0) is 36.6 Å². The van der Waals surface area contributed by atoms with E-state index in [-0.39, 0.29) is 23.4 Å². The summed E-state index contributed by atoms with van der Waals surface area (Å²) in [6.07, 6.45) is 1.78. The molecular weight excluding hydrogens is 404 g/mol. The van der Waals surface area contributed by atoms with E-state index in [0.29, 0.717) is 27.8 Å². The van der Waals surface area contributed by atoms with Crippen molar-refractivity contribution in [2.24, 2.45) is 5.73 Å². The smallest absolute Gasteiger partial charge is 0.270 e. The normalized spacial score (nSPS) is 10.3. The Kier molecular flexibility index (Phi) is 6.39. The number of nitrogens with zero attached hydrogens (tertiary/aromatic N) is 2. The van der Waals surface area contributed by atoms with Gasteiger partial charge in [0, 0.05) is 11.1 Å². The Balaban J connectivity index is 2.02. The molecular formula is C21H18N4O4S.